The van der Waals surface area contributed by atoms with E-state index in [1.807, 2.05) is 48.4 Å². The van der Waals surface area contributed by atoms with E-state index in [9.17, 15) is 0 Å². The summed E-state index contributed by atoms with van der Waals surface area (Å²) in [5.41, 5.74) is 4.38. The number of pyridine rings is 1. The quantitative estimate of drug-likeness (QED) is 0.551. The number of rotatable bonds is 3. The van der Waals surface area contributed by atoms with Crippen LogP contribution in [0.15, 0.2) is 48.9 Å². The predicted octanol–water partition coefficient (Wildman–Crippen LogP) is 3.48. The zero-order chi connectivity index (χ0) is 19.1. The Labute approximate surface area is 161 Å². The first-order chi connectivity index (χ1) is 13.7. The van der Waals surface area contributed by atoms with Gasteiger partial charge in [0.2, 0.25) is 0 Å². The Kier molecular flexibility index (Phi) is 3.83. The summed E-state index contributed by atoms with van der Waals surface area (Å²) in [5, 5.41) is 18.8. The first-order valence-corrected chi connectivity index (χ1v) is 9.24. The second-order valence-corrected chi connectivity index (χ2v) is 6.99. The third-order valence-corrected chi connectivity index (χ3v) is 5.11. The van der Waals surface area contributed by atoms with Crippen LogP contribution in [0.25, 0.3) is 16.6 Å². The number of aromatic nitrogens is 5. The molecular weight excluding hydrogens is 352 g/mol. The molecule has 28 heavy (non-hydrogen) atoms. The topological polar surface area (TPSA) is 81.5 Å². The lowest BCUT2D eigenvalue weighted by molar-refractivity contribution is 0.182. The summed E-state index contributed by atoms with van der Waals surface area (Å²) in [7, 11) is 1.88. The van der Waals surface area contributed by atoms with E-state index in [1.165, 1.54) is 0 Å². The van der Waals surface area contributed by atoms with E-state index in [4.69, 9.17) is 10.00 Å². The molecule has 0 saturated heterocycles. The normalized spacial score (nSPS) is 15.9. The van der Waals surface area contributed by atoms with Crippen LogP contribution in [0.5, 0.6) is 5.75 Å². The molecule has 0 amide bonds. The zero-order valence-electron chi connectivity index (χ0n) is 15.4. The summed E-state index contributed by atoms with van der Waals surface area (Å²) in [6.07, 6.45) is 8.31. The minimum Gasteiger partial charge on any atom is -0.486 e. The Morgan fingerprint density at radius 3 is 2.93 bits per heavy atom. The van der Waals surface area contributed by atoms with Crippen molar-refractivity contribution in [3.05, 3.63) is 65.9 Å². The standard InChI is InChI=1S/C21H18N6O/c1-26-13-16(12-23-26)27-20-9-17(7-5-14(20)11-24-27)28-21-4-2-3-19-18(21)8-6-15(10-22)25-19/h5-9,11-13,21H,2-4H2,1H3/t21-/m1/s1. The maximum Gasteiger partial charge on any atom is 0.140 e. The van der Waals surface area contributed by atoms with Gasteiger partial charge in [0.1, 0.15) is 29.3 Å². The largest absolute Gasteiger partial charge is 0.486 e. The monoisotopic (exact) mass is 370 g/mol. The summed E-state index contributed by atoms with van der Waals surface area (Å²) in [4.78, 5) is 4.46. The molecule has 138 valence electrons. The van der Waals surface area contributed by atoms with Gasteiger partial charge in [-0.25, -0.2) is 9.67 Å². The van der Waals surface area contributed by atoms with Crippen LogP contribution >= 0.6 is 0 Å². The zero-order valence-corrected chi connectivity index (χ0v) is 15.4. The van der Waals surface area contributed by atoms with E-state index in [2.05, 4.69) is 21.3 Å². The van der Waals surface area contributed by atoms with Crippen LogP contribution in [0, 0.1) is 11.3 Å². The molecular formula is C21H18N6O. The fraction of sp³-hybridized carbons (Fsp3) is 0.238. The van der Waals surface area contributed by atoms with Crippen molar-refractivity contribution < 1.29 is 4.74 Å². The first-order valence-electron chi connectivity index (χ1n) is 9.24. The number of aryl methyl sites for hydroxylation is 2. The van der Waals surface area contributed by atoms with Gasteiger partial charge in [0.15, 0.2) is 0 Å². The van der Waals surface area contributed by atoms with E-state index in [-0.39, 0.29) is 6.10 Å². The van der Waals surface area contributed by atoms with Gasteiger partial charge >= 0.3 is 0 Å². The van der Waals surface area contributed by atoms with Gasteiger partial charge in [0.05, 0.1) is 24.1 Å². The Hall–Kier alpha value is -3.66. The molecule has 1 aliphatic carbocycles. The predicted molar refractivity (Wildman–Crippen MR) is 103 cm³/mol. The second-order valence-electron chi connectivity index (χ2n) is 6.99. The van der Waals surface area contributed by atoms with Crippen molar-refractivity contribution >= 4 is 10.9 Å². The van der Waals surface area contributed by atoms with E-state index in [1.54, 1.807) is 16.9 Å². The highest BCUT2D eigenvalue weighted by molar-refractivity contribution is 5.81. The maximum absolute atomic E-state index is 9.08. The second kappa shape index (κ2) is 6.50. The Morgan fingerprint density at radius 2 is 2.11 bits per heavy atom. The molecule has 1 aliphatic rings. The van der Waals surface area contributed by atoms with E-state index >= 15 is 0 Å². The lowest BCUT2D eigenvalue weighted by Crippen LogP contribution is -2.17. The average Bonchev–Trinajstić information content (AvgIpc) is 3.33. The van der Waals surface area contributed by atoms with Crippen LogP contribution in [0.1, 0.15) is 35.9 Å². The smallest absolute Gasteiger partial charge is 0.140 e. The average molecular weight is 370 g/mol. The third-order valence-electron chi connectivity index (χ3n) is 5.11. The van der Waals surface area contributed by atoms with E-state index in [0.717, 1.165) is 52.9 Å². The highest BCUT2D eigenvalue weighted by Crippen LogP contribution is 2.34. The van der Waals surface area contributed by atoms with Gasteiger partial charge in [-0.2, -0.15) is 15.5 Å². The van der Waals surface area contributed by atoms with Gasteiger partial charge in [-0.3, -0.25) is 4.68 Å². The van der Waals surface area contributed by atoms with E-state index < -0.39 is 0 Å². The number of hydrogen-bond acceptors (Lipinski definition) is 5. The molecule has 1 aromatic carbocycles. The van der Waals surface area contributed by atoms with Crippen molar-refractivity contribution in [1.29, 1.82) is 5.26 Å². The van der Waals surface area contributed by atoms with Crippen LogP contribution in [0.2, 0.25) is 0 Å². The number of nitriles is 1. The summed E-state index contributed by atoms with van der Waals surface area (Å²) in [5.74, 6) is 0.792. The van der Waals surface area contributed by atoms with Crippen molar-refractivity contribution in [2.24, 2.45) is 7.05 Å². The summed E-state index contributed by atoms with van der Waals surface area (Å²) in [6, 6.07) is 11.9. The van der Waals surface area contributed by atoms with Crippen molar-refractivity contribution in [3.63, 3.8) is 0 Å². The fourth-order valence-electron chi connectivity index (χ4n) is 3.76. The highest BCUT2D eigenvalue weighted by Gasteiger charge is 2.23. The molecule has 0 unspecified atom stereocenters. The van der Waals surface area contributed by atoms with Gasteiger partial charge < -0.3 is 4.74 Å². The maximum atomic E-state index is 9.08. The number of benzene rings is 1. The minimum atomic E-state index is -0.0591. The Bertz CT molecular complexity index is 1220. The van der Waals surface area contributed by atoms with Crippen molar-refractivity contribution in [1.82, 2.24) is 24.5 Å². The minimum absolute atomic E-state index is 0.0591. The lowest BCUT2D eigenvalue weighted by Gasteiger charge is -2.25. The van der Waals surface area contributed by atoms with Crippen molar-refractivity contribution in [2.75, 3.05) is 0 Å². The molecule has 7 nitrogen and oxygen atoms in total. The Balaban J connectivity index is 1.49. The highest BCUT2D eigenvalue weighted by atomic mass is 16.5. The van der Waals surface area contributed by atoms with Gasteiger partial charge in [0.25, 0.3) is 0 Å². The van der Waals surface area contributed by atoms with Crippen LogP contribution in [-0.4, -0.2) is 24.5 Å². The molecule has 0 spiro atoms. The van der Waals surface area contributed by atoms with Gasteiger partial charge in [0, 0.05) is 29.8 Å². The summed E-state index contributed by atoms with van der Waals surface area (Å²) >= 11 is 0. The fourth-order valence-corrected chi connectivity index (χ4v) is 3.76. The SMILES string of the molecule is Cn1cc(-n2ncc3ccc(O[C@@H]4CCCc5nc(C#N)ccc54)cc32)cn1. The molecule has 0 saturated carbocycles. The molecule has 3 aromatic heterocycles. The van der Waals surface area contributed by atoms with Crippen LogP contribution in [0.4, 0.5) is 0 Å². The van der Waals surface area contributed by atoms with Gasteiger partial charge in [-0.15, -0.1) is 0 Å². The molecule has 0 bridgehead atoms. The number of nitrogens with zero attached hydrogens (tertiary/aromatic N) is 6. The molecule has 5 rings (SSSR count). The van der Waals surface area contributed by atoms with Crippen LogP contribution in [0.3, 0.4) is 0 Å². The molecule has 4 aromatic rings. The van der Waals surface area contributed by atoms with Crippen LogP contribution < -0.4 is 4.74 Å². The lowest BCUT2D eigenvalue weighted by atomic mass is 9.93. The number of ether oxygens (including phenoxy) is 1. The molecule has 3 heterocycles. The molecule has 0 fully saturated rings. The number of hydrogen-bond donors (Lipinski definition) is 0. The van der Waals surface area contributed by atoms with Crippen molar-refractivity contribution in [3.8, 4) is 17.5 Å². The molecule has 1 atom stereocenters. The number of fused-ring (bicyclic) bond motifs is 2. The van der Waals surface area contributed by atoms with Gasteiger partial charge in [-0.1, -0.05) is 6.07 Å². The third kappa shape index (κ3) is 2.79. The van der Waals surface area contributed by atoms with Gasteiger partial charge in [-0.05, 0) is 37.5 Å². The Morgan fingerprint density at radius 1 is 1.18 bits per heavy atom. The molecule has 7 heteroatoms. The van der Waals surface area contributed by atoms with Crippen molar-refractivity contribution in [2.45, 2.75) is 25.4 Å². The summed E-state index contributed by atoms with van der Waals surface area (Å²) in [6.45, 7) is 0. The van der Waals surface area contributed by atoms with E-state index in [0.29, 0.717) is 5.69 Å². The molecule has 0 radical (unpaired) electrons. The first kappa shape index (κ1) is 16.5. The summed E-state index contributed by atoms with van der Waals surface area (Å²) < 4.78 is 9.96. The van der Waals surface area contributed by atoms with Crippen LogP contribution in [-0.2, 0) is 13.5 Å². The molecule has 0 aliphatic heterocycles. The molecule has 0 N–H and O–H groups in total.